The zero-order valence-corrected chi connectivity index (χ0v) is 24.7. The highest BCUT2D eigenvalue weighted by molar-refractivity contribution is 6.02. The second kappa shape index (κ2) is 14.3. The summed E-state index contributed by atoms with van der Waals surface area (Å²) in [6, 6.07) is 16.6. The average molecular weight is 609 g/mol. The van der Waals surface area contributed by atoms with Crippen molar-refractivity contribution < 1.29 is 28.7 Å². The number of aryl methyl sites for hydroxylation is 1. The highest BCUT2D eigenvalue weighted by Gasteiger charge is 2.43. The molecule has 0 bridgehead atoms. The highest BCUT2D eigenvalue weighted by atomic mass is 35.5. The van der Waals surface area contributed by atoms with E-state index in [0.717, 1.165) is 5.69 Å². The molecule has 0 radical (unpaired) electrons. The molecule has 3 amide bonds. The zero-order valence-electron chi connectivity index (χ0n) is 23.9. The molecule has 0 aliphatic rings. The van der Waals surface area contributed by atoms with Crippen LogP contribution in [0.4, 0.5) is 10.5 Å². The van der Waals surface area contributed by atoms with E-state index in [1.807, 2.05) is 25.4 Å². The van der Waals surface area contributed by atoms with E-state index in [4.69, 9.17) is 15.2 Å². The van der Waals surface area contributed by atoms with Crippen LogP contribution in [-0.2, 0) is 24.8 Å². The number of likely N-dealkylation sites (N-methyl/N-ethyl adjacent to an activating group) is 1. The summed E-state index contributed by atoms with van der Waals surface area (Å²) >= 11 is 0. The third-order valence-electron chi connectivity index (χ3n) is 6.37. The third-order valence-corrected chi connectivity index (χ3v) is 6.37. The summed E-state index contributed by atoms with van der Waals surface area (Å²) in [5.41, 5.74) is 6.85. The fraction of sp³-hybridized carbons (Fsp3) is 0.233. The first-order valence-electron chi connectivity index (χ1n) is 13.2. The number of carbonyl (C=O) groups is 4. The summed E-state index contributed by atoms with van der Waals surface area (Å²) in [7, 11) is 1.57. The van der Waals surface area contributed by atoms with Crippen molar-refractivity contribution in [1.82, 2.24) is 20.0 Å². The average Bonchev–Trinajstić information content (AvgIpc) is 3.36. The third kappa shape index (κ3) is 7.48. The number of carbonyl (C=O) groups excluding carboxylic acids is 4. The number of nitrogens with one attached hydrogen (secondary N) is 3. The zero-order chi connectivity index (χ0) is 30.3. The number of Topliss-reactive ketones (excluding diaryl/α,β-unsaturated/α-hetero) is 1. The number of ether oxygens (including phenoxy) is 2. The number of primary amides is 1. The number of pyridine rings is 1. The molecule has 0 saturated heterocycles. The predicted molar refractivity (Wildman–Crippen MR) is 163 cm³/mol. The number of nitrogens with zero attached hydrogens (tertiary/aromatic N) is 2. The number of fused-ring (bicyclic) bond motifs is 1. The van der Waals surface area contributed by atoms with Gasteiger partial charge in [-0.05, 0) is 56.3 Å². The fourth-order valence-corrected chi connectivity index (χ4v) is 4.59. The van der Waals surface area contributed by atoms with E-state index in [1.165, 1.54) is 0 Å². The second-order valence-corrected chi connectivity index (χ2v) is 9.32. The van der Waals surface area contributed by atoms with Crippen LogP contribution in [0.5, 0.6) is 5.75 Å². The van der Waals surface area contributed by atoms with Gasteiger partial charge in [0.05, 0.1) is 18.8 Å². The van der Waals surface area contributed by atoms with Gasteiger partial charge in [0.15, 0.2) is 11.4 Å². The number of hydrogen-bond acceptors (Lipinski definition) is 8. The Bertz CT molecular complexity index is 1640. The molecule has 226 valence electrons. The molecule has 0 fully saturated rings. The van der Waals surface area contributed by atoms with Crippen LogP contribution >= 0.6 is 12.4 Å². The van der Waals surface area contributed by atoms with E-state index in [2.05, 4.69) is 20.9 Å². The van der Waals surface area contributed by atoms with Crippen molar-refractivity contribution in [1.29, 1.82) is 0 Å². The van der Waals surface area contributed by atoms with Crippen molar-refractivity contribution in [3.05, 3.63) is 84.3 Å². The predicted octanol–water partition coefficient (Wildman–Crippen LogP) is 3.31. The van der Waals surface area contributed by atoms with Gasteiger partial charge >= 0.3 is 12.0 Å². The summed E-state index contributed by atoms with van der Waals surface area (Å²) in [5.74, 6) is -1.36. The van der Waals surface area contributed by atoms with Crippen molar-refractivity contribution in [2.24, 2.45) is 5.73 Å². The molecular weight excluding hydrogens is 576 g/mol. The van der Waals surface area contributed by atoms with Gasteiger partial charge in [-0.1, -0.05) is 36.4 Å². The second-order valence-electron chi connectivity index (χ2n) is 9.32. The smallest absolute Gasteiger partial charge is 0.315 e. The molecule has 4 rings (SSSR count). The highest BCUT2D eigenvalue weighted by Crippen LogP contribution is 2.36. The standard InChI is InChI=1S/C30H32N6O6.ClH/c1-4-41-27(39)16-26(38)35-21-10-7-9-20(15-21)22-11-5-6-12-23(22)30(32-3,25(37)17-33-29(31)40)42-24-13-8-14-36-18-19(2)34-28(24)36;/h5-15,18,32H,4,16-17H2,1-3H3,(H,35,38)(H3,31,33,40);1H. The van der Waals surface area contributed by atoms with Gasteiger partial charge in [0, 0.05) is 23.6 Å². The summed E-state index contributed by atoms with van der Waals surface area (Å²) in [6.45, 7) is 3.26. The van der Waals surface area contributed by atoms with E-state index in [9.17, 15) is 19.2 Å². The van der Waals surface area contributed by atoms with Gasteiger partial charge in [0.2, 0.25) is 17.4 Å². The van der Waals surface area contributed by atoms with Crippen LogP contribution in [0.1, 0.15) is 24.6 Å². The van der Waals surface area contributed by atoms with Crippen LogP contribution in [0, 0.1) is 6.92 Å². The minimum Gasteiger partial charge on any atom is -0.466 e. The summed E-state index contributed by atoms with van der Waals surface area (Å²) in [6.07, 6.45) is 3.22. The number of halogens is 1. The van der Waals surface area contributed by atoms with Gasteiger partial charge in [-0.3, -0.25) is 19.7 Å². The first kappa shape index (κ1) is 32.6. The molecular formula is C30H33ClN6O6. The number of esters is 1. The fourth-order valence-electron chi connectivity index (χ4n) is 4.59. The van der Waals surface area contributed by atoms with E-state index < -0.39 is 42.4 Å². The largest absolute Gasteiger partial charge is 0.466 e. The maximum atomic E-state index is 13.9. The molecule has 0 saturated carbocycles. The van der Waals surface area contributed by atoms with Crippen LogP contribution in [0.25, 0.3) is 16.8 Å². The quantitative estimate of drug-likeness (QED) is 0.108. The minimum absolute atomic E-state index is 0. The topological polar surface area (TPSA) is 166 Å². The van der Waals surface area contributed by atoms with Crippen LogP contribution < -0.4 is 26.4 Å². The van der Waals surface area contributed by atoms with Crippen molar-refractivity contribution in [3.8, 4) is 16.9 Å². The van der Waals surface area contributed by atoms with Crippen LogP contribution in [0.15, 0.2) is 73.1 Å². The molecule has 2 aromatic heterocycles. The van der Waals surface area contributed by atoms with Crippen molar-refractivity contribution in [3.63, 3.8) is 0 Å². The number of hydrogen-bond donors (Lipinski definition) is 4. The molecule has 12 nitrogen and oxygen atoms in total. The number of aromatic nitrogens is 2. The van der Waals surface area contributed by atoms with Gasteiger partial charge in [-0.25, -0.2) is 9.78 Å². The lowest BCUT2D eigenvalue weighted by molar-refractivity contribution is -0.145. The number of ketones is 1. The molecule has 1 atom stereocenters. The Hall–Kier alpha value is -4.94. The Kier molecular flexibility index (Phi) is 10.8. The Morgan fingerprint density at radius 1 is 1.05 bits per heavy atom. The van der Waals surface area contributed by atoms with E-state index in [0.29, 0.717) is 33.8 Å². The first-order chi connectivity index (χ1) is 20.2. The molecule has 0 spiro atoms. The number of urea groups is 1. The van der Waals surface area contributed by atoms with Gasteiger partial charge in [0.1, 0.15) is 6.42 Å². The van der Waals surface area contributed by atoms with Crippen LogP contribution in [-0.4, -0.2) is 53.3 Å². The Morgan fingerprint density at radius 2 is 1.81 bits per heavy atom. The van der Waals surface area contributed by atoms with Crippen molar-refractivity contribution >= 4 is 47.4 Å². The molecule has 5 N–H and O–H groups in total. The lowest BCUT2D eigenvalue weighted by atomic mass is 9.89. The maximum absolute atomic E-state index is 13.9. The Labute approximate surface area is 254 Å². The number of anilines is 1. The molecule has 43 heavy (non-hydrogen) atoms. The number of imidazole rings is 1. The van der Waals surface area contributed by atoms with Gasteiger partial charge in [-0.15, -0.1) is 12.4 Å². The molecule has 4 aromatic rings. The van der Waals surface area contributed by atoms with E-state index in [-0.39, 0.29) is 19.0 Å². The number of benzene rings is 2. The first-order valence-corrected chi connectivity index (χ1v) is 13.2. The molecule has 13 heteroatoms. The normalized spacial score (nSPS) is 12.0. The molecule has 2 heterocycles. The van der Waals surface area contributed by atoms with E-state index in [1.54, 1.807) is 73.0 Å². The number of nitrogens with two attached hydrogens (primary N) is 1. The summed E-state index contributed by atoms with van der Waals surface area (Å²) in [5, 5.41) is 8.11. The molecule has 2 aromatic carbocycles. The van der Waals surface area contributed by atoms with Gasteiger partial charge in [-0.2, -0.15) is 0 Å². The van der Waals surface area contributed by atoms with Gasteiger partial charge in [0.25, 0.3) is 0 Å². The number of rotatable bonds is 12. The summed E-state index contributed by atoms with van der Waals surface area (Å²) < 4.78 is 13.2. The SMILES string of the molecule is CCOC(=O)CC(=O)Nc1cccc(-c2ccccc2C(NC)(Oc2cccn3cc(C)nc23)C(=O)CNC(N)=O)c1.Cl. The maximum Gasteiger partial charge on any atom is 0.315 e. The van der Waals surface area contributed by atoms with E-state index >= 15 is 0 Å². The molecule has 1 unspecified atom stereocenters. The molecule has 0 aliphatic carbocycles. The Morgan fingerprint density at radius 3 is 2.53 bits per heavy atom. The molecule has 0 aliphatic heterocycles. The van der Waals surface area contributed by atoms with Crippen LogP contribution in [0.2, 0.25) is 0 Å². The van der Waals surface area contributed by atoms with Crippen LogP contribution in [0.3, 0.4) is 0 Å². The summed E-state index contributed by atoms with van der Waals surface area (Å²) in [4.78, 5) is 54.1. The van der Waals surface area contributed by atoms with Crippen molar-refractivity contribution in [2.45, 2.75) is 26.0 Å². The van der Waals surface area contributed by atoms with Crippen molar-refractivity contribution in [2.75, 3.05) is 25.5 Å². The minimum atomic E-state index is -1.80. The lowest BCUT2D eigenvalue weighted by Gasteiger charge is -2.34. The Balaban J connectivity index is 0.00000506. The number of amides is 3. The lowest BCUT2D eigenvalue weighted by Crippen LogP contribution is -2.56. The monoisotopic (exact) mass is 608 g/mol. The van der Waals surface area contributed by atoms with Gasteiger partial charge < -0.3 is 30.2 Å².